The van der Waals surface area contributed by atoms with Crippen LogP contribution in [0.5, 0.6) is 11.5 Å². The molecule has 25 heavy (non-hydrogen) atoms. The van der Waals surface area contributed by atoms with Crippen molar-refractivity contribution in [1.29, 1.82) is 0 Å². The van der Waals surface area contributed by atoms with Crippen LogP contribution in [0.15, 0.2) is 23.2 Å². The molecule has 0 heterocycles. The summed E-state index contributed by atoms with van der Waals surface area (Å²) in [6.07, 6.45) is 4.39. The number of halogens is 1. The maximum Gasteiger partial charge on any atom is 0.188 e. The van der Waals surface area contributed by atoms with Gasteiger partial charge in [0, 0.05) is 12.6 Å². The second-order valence-electron chi connectivity index (χ2n) is 6.58. The van der Waals surface area contributed by atoms with E-state index < -0.39 is 0 Å². The normalized spacial score (nSPS) is 12.5. The second-order valence-corrected chi connectivity index (χ2v) is 6.58. The van der Waals surface area contributed by atoms with Crippen LogP contribution in [-0.2, 0) is 6.42 Å². The summed E-state index contributed by atoms with van der Waals surface area (Å²) in [5.74, 6) is 2.75. The monoisotopic (exact) mass is 463 g/mol. The second kappa shape index (κ2) is 13.1. The summed E-state index contributed by atoms with van der Waals surface area (Å²) in [5, 5.41) is 3.26. The van der Waals surface area contributed by atoms with E-state index in [0.29, 0.717) is 18.5 Å². The molecule has 0 saturated heterocycles. The number of hydrogen-bond donors (Lipinski definition) is 2. The maximum absolute atomic E-state index is 5.97. The van der Waals surface area contributed by atoms with Crippen LogP contribution in [0.3, 0.4) is 0 Å². The molecule has 0 saturated carbocycles. The van der Waals surface area contributed by atoms with E-state index in [1.54, 1.807) is 14.2 Å². The Hall–Kier alpha value is -1.18. The lowest BCUT2D eigenvalue weighted by molar-refractivity contribution is 0.354. The summed E-state index contributed by atoms with van der Waals surface area (Å²) in [6.45, 7) is 7.30. The quantitative estimate of drug-likeness (QED) is 0.313. The summed E-state index contributed by atoms with van der Waals surface area (Å²) < 4.78 is 10.6. The Morgan fingerprint density at radius 3 is 2.40 bits per heavy atom. The minimum absolute atomic E-state index is 0. The highest BCUT2D eigenvalue weighted by Crippen LogP contribution is 2.27. The van der Waals surface area contributed by atoms with Gasteiger partial charge in [0.05, 0.1) is 14.2 Å². The Balaban J connectivity index is 0.00000576. The van der Waals surface area contributed by atoms with Gasteiger partial charge in [-0.15, -0.1) is 24.0 Å². The van der Waals surface area contributed by atoms with Gasteiger partial charge in [0.25, 0.3) is 0 Å². The minimum Gasteiger partial charge on any atom is -0.493 e. The largest absolute Gasteiger partial charge is 0.493 e. The summed E-state index contributed by atoms with van der Waals surface area (Å²) in [7, 11) is 3.28. The van der Waals surface area contributed by atoms with Gasteiger partial charge in [0.2, 0.25) is 0 Å². The standard InChI is InChI=1S/C19H33N3O2.HI/c1-14(2)7-6-8-15(3)22-19(20)21-12-11-16-9-10-17(23-4)18(13-16)24-5;/h9-10,13-15H,6-8,11-12H2,1-5H3,(H3,20,21,22);1H. The molecule has 1 unspecified atom stereocenters. The van der Waals surface area contributed by atoms with Crippen LogP contribution in [0.2, 0.25) is 0 Å². The molecular formula is C19H34IN3O2. The molecule has 1 rings (SSSR count). The van der Waals surface area contributed by atoms with Gasteiger partial charge in [-0.3, -0.25) is 4.99 Å². The van der Waals surface area contributed by atoms with Crippen molar-refractivity contribution in [2.45, 2.75) is 52.5 Å². The summed E-state index contributed by atoms with van der Waals surface area (Å²) in [5.41, 5.74) is 7.11. The van der Waals surface area contributed by atoms with E-state index in [0.717, 1.165) is 35.8 Å². The molecule has 3 N–H and O–H groups in total. The summed E-state index contributed by atoms with van der Waals surface area (Å²) in [4.78, 5) is 4.41. The lowest BCUT2D eigenvalue weighted by Crippen LogP contribution is -2.38. The Bertz CT molecular complexity index is 521. The van der Waals surface area contributed by atoms with Gasteiger partial charge in [-0.2, -0.15) is 0 Å². The fourth-order valence-electron chi connectivity index (χ4n) is 2.54. The molecule has 0 amide bonds. The van der Waals surface area contributed by atoms with Crippen molar-refractivity contribution in [3.63, 3.8) is 0 Å². The van der Waals surface area contributed by atoms with E-state index in [9.17, 15) is 0 Å². The van der Waals surface area contributed by atoms with Crippen molar-refractivity contribution in [1.82, 2.24) is 5.32 Å². The Labute approximate surface area is 169 Å². The fraction of sp³-hybridized carbons (Fsp3) is 0.632. The molecule has 0 aliphatic heterocycles. The van der Waals surface area contributed by atoms with E-state index in [-0.39, 0.29) is 24.0 Å². The topological polar surface area (TPSA) is 68.9 Å². The smallest absolute Gasteiger partial charge is 0.188 e. The zero-order valence-corrected chi connectivity index (χ0v) is 18.5. The Morgan fingerprint density at radius 2 is 1.80 bits per heavy atom. The van der Waals surface area contributed by atoms with Crippen LogP contribution in [0.1, 0.15) is 45.6 Å². The van der Waals surface area contributed by atoms with E-state index in [4.69, 9.17) is 15.2 Å². The van der Waals surface area contributed by atoms with Crippen LogP contribution in [-0.4, -0.2) is 32.8 Å². The first-order valence-electron chi connectivity index (χ1n) is 8.73. The first kappa shape index (κ1) is 23.8. The predicted octanol–water partition coefficient (Wildman–Crippen LogP) is 3.98. The van der Waals surface area contributed by atoms with Crippen LogP contribution in [0.25, 0.3) is 0 Å². The van der Waals surface area contributed by atoms with Crippen LogP contribution < -0.4 is 20.5 Å². The van der Waals surface area contributed by atoms with E-state index in [1.165, 1.54) is 12.8 Å². The average molecular weight is 463 g/mol. The third-order valence-corrected chi connectivity index (χ3v) is 3.94. The SMILES string of the molecule is COc1ccc(CCN=C(N)NC(C)CCCC(C)C)cc1OC.I. The number of nitrogens with zero attached hydrogens (tertiary/aromatic N) is 1. The predicted molar refractivity (Wildman–Crippen MR) is 116 cm³/mol. The van der Waals surface area contributed by atoms with Crippen molar-refractivity contribution < 1.29 is 9.47 Å². The van der Waals surface area contributed by atoms with Crippen molar-refractivity contribution in [2.75, 3.05) is 20.8 Å². The molecule has 0 radical (unpaired) electrons. The van der Waals surface area contributed by atoms with Crippen molar-refractivity contribution in [2.24, 2.45) is 16.6 Å². The molecule has 1 aromatic rings. The van der Waals surface area contributed by atoms with Gasteiger partial charge in [-0.05, 0) is 43.4 Å². The van der Waals surface area contributed by atoms with Crippen LogP contribution in [0, 0.1) is 5.92 Å². The molecule has 144 valence electrons. The van der Waals surface area contributed by atoms with Gasteiger partial charge >= 0.3 is 0 Å². The molecule has 1 aromatic carbocycles. The number of aliphatic imine (C=N–C) groups is 1. The van der Waals surface area contributed by atoms with Crippen molar-refractivity contribution in [3.8, 4) is 11.5 Å². The number of methoxy groups -OCH3 is 2. The highest BCUT2D eigenvalue weighted by molar-refractivity contribution is 14.0. The number of nitrogens with one attached hydrogen (secondary N) is 1. The summed E-state index contributed by atoms with van der Waals surface area (Å²) >= 11 is 0. The van der Waals surface area contributed by atoms with Crippen LogP contribution >= 0.6 is 24.0 Å². The average Bonchev–Trinajstić information content (AvgIpc) is 2.54. The third-order valence-electron chi connectivity index (χ3n) is 3.94. The number of ether oxygens (including phenoxy) is 2. The molecule has 5 nitrogen and oxygen atoms in total. The molecule has 0 bridgehead atoms. The molecular weight excluding hydrogens is 429 g/mol. The van der Waals surface area contributed by atoms with E-state index in [1.807, 2.05) is 18.2 Å². The first-order chi connectivity index (χ1) is 11.5. The van der Waals surface area contributed by atoms with Gasteiger partial charge in [0.15, 0.2) is 17.5 Å². The molecule has 0 spiro atoms. The van der Waals surface area contributed by atoms with Crippen LogP contribution in [0.4, 0.5) is 0 Å². The molecule has 0 aromatic heterocycles. The van der Waals surface area contributed by atoms with Crippen molar-refractivity contribution >= 4 is 29.9 Å². The molecule has 1 atom stereocenters. The Kier molecular flexibility index (Phi) is 12.5. The minimum atomic E-state index is 0. The van der Waals surface area contributed by atoms with E-state index >= 15 is 0 Å². The Morgan fingerprint density at radius 1 is 1.12 bits per heavy atom. The highest BCUT2D eigenvalue weighted by atomic mass is 127. The lowest BCUT2D eigenvalue weighted by atomic mass is 10.0. The molecule has 0 aliphatic carbocycles. The fourth-order valence-corrected chi connectivity index (χ4v) is 2.54. The third kappa shape index (κ3) is 9.77. The van der Waals surface area contributed by atoms with Gasteiger partial charge < -0.3 is 20.5 Å². The van der Waals surface area contributed by atoms with E-state index in [2.05, 4.69) is 31.1 Å². The maximum atomic E-state index is 5.97. The number of benzene rings is 1. The number of guanidine groups is 1. The number of rotatable bonds is 10. The van der Waals surface area contributed by atoms with Gasteiger partial charge in [0.1, 0.15) is 0 Å². The number of hydrogen-bond acceptors (Lipinski definition) is 3. The summed E-state index contributed by atoms with van der Waals surface area (Å²) in [6, 6.07) is 6.27. The molecule has 6 heteroatoms. The zero-order chi connectivity index (χ0) is 17.9. The number of nitrogens with two attached hydrogens (primary N) is 1. The first-order valence-corrected chi connectivity index (χ1v) is 8.73. The van der Waals surface area contributed by atoms with Gasteiger partial charge in [-0.1, -0.05) is 32.8 Å². The lowest BCUT2D eigenvalue weighted by Gasteiger charge is -2.15. The van der Waals surface area contributed by atoms with Gasteiger partial charge in [-0.25, -0.2) is 0 Å². The highest BCUT2D eigenvalue weighted by Gasteiger charge is 2.05. The van der Waals surface area contributed by atoms with Crippen molar-refractivity contribution in [3.05, 3.63) is 23.8 Å². The molecule has 0 fully saturated rings. The zero-order valence-electron chi connectivity index (χ0n) is 16.2. The molecule has 0 aliphatic rings.